The van der Waals surface area contributed by atoms with E-state index < -0.39 is 9.84 Å². The van der Waals surface area contributed by atoms with Crippen LogP contribution >= 0.6 is 0 Å². The minimum Gasteiger partial charge on any atom is -0.313 e. The first kappa shape index (κ1) is 15.5. The molecule has 4 heteroatoms. The van der Waals surface area contributed by atoms with Crippen LogP contribution in [0.2, 0.25) is 0 Å². The lowest BCUT2D eigenvalue weighted by Gasteiger charge is -2.40. The molecular formula is C16H25NO2S. The molecule has 0 bridgehead atoms. The Labute approximate surface area is 122 Å². The van der Waals surface area contributed by atoms with Crippen molar-refractivity contribution in [2.24, 2.45) is 5.41 Å². The highest BCUT2D eigenvalue weighted by atomic mass is 32.2. The van der Waals surface area contributed by atoms with E-state index in [0.29, 0.717) is 4.90 Å². The SMILES string of the molecule is CCNC1CCC(C)(C)CC1S(=O)(=O)c1ccccc1. The molecule has 0 saturated heterocycles. The molecule has 1 aliphatic carbocycles. The molecule has 3 nitrogen and oxygen atoms in total. The Kier molecular flexibility index (Phi) is 4.55. The maximum atomic E-state index is 12.9. The van der Waals surface area contributed by atoms with Crippen LogP contribution in [0.5, 0.6) is 0 Å². The second kappa shape index (κ2) is 5.86. The van der Waals surface area contributed by atoms with E-state index in [9.17, 15) is 8.42 Å². The lowest BCUT2D eigenvalue weighted by Crippen LogP contribution is -2.49. The standard InChI is InChI=1S/C16H25NO2S/c1-4-17-14-10-11-16(2,3)12-15(14)20(18,19)13-8-6-5-7-9-13/h5-9,14-15,17H,4,10-12H2,1-3H3. The van der Waals surface area contributed by atoms with Gasteiger partial charge in [-0.3, -0.25) is 0 Å². The third kappa shape index (κ3) is 3.23. The molecule has 1 aliphatic rings. The number of nitrogens with one attached hydrogen (secondary N) is 1. The zero-order valence-electron chi connectivity index (χ0n) is 12.6. The van der Waals surface area contributed by atoms with Gasteiger partial charge in [-0.05, 0) is 43.4 Å². The van der Waals surface area contributed by atoms with Gasteiger partial charge in [0.25, 0.3) is 0 Å². The summed E-state index contributed by atoms with van der Waals surface area (Å²) in [7, 11) is -3.27. The quantitative estimate of drug-likeness (QED) is 0.929. The summed E-state index contributed by atoms with van der Waals surface area (Å²) in [4.78, 5) is 0.450. The molecule has 0 spiro atoms. The molecular weight excluding hydrogens is 270 g/mol. The summed E-state index contributed by atoms with van der Waals surface area (Å²) in [5, 5.41) is 3.04. The number of sulfone groups is 1. The second-order valence-corrected chi connectivity index (χ2v) is 8.63. The van der Waals surface area contributed by atoms with Gasteiger partial charge in [0.2, 0.25) is 0 Å². The third-order valence-corrected chi connectivity index (χ3v) is 6.49. The fourth-order valence-corrected chi connectivity index (χ4v) is 5.35. The van der Waals surface area contributed by atoms with Gasteiger partial charge in [0.15, 0.2) is 9.84 Å². The Hall–Kier alpha value is -0.870. The lowest BCUT2D eigenvalue weighted by atomic mass is 9.75. The van der Waals surface area contributed by atoms with Gasteiger partial charge in [-0.2, -0.15) is 0 Å². The van der Waals surface area contributed by atoms with E-state index in [4.69, 9.17) is 0 Å². The topological polar surface area (TPSA) is 46.2 Å². The Balaban J connectivity index is 2.35. The predicted molar refractivity (Wildman–Crippen MR) is 82.5 cm³/mol. The smallest absolute Gasteiger partial charge is 0.182 e. The zero-order valence-corrected chi connectivity index (χ0v) is 13.4. The van der Waals surface area contributed by atoms with Crippen LogP contribution in [-0.2, 0) is 9.84 Å². The molecule has 1 aromatic rings. The van der Waals surface area contributed by atoms with Crippen molar-refractivity contribution in [3.63, 3.8) is 0 Å². The van der Waals surface area contributed by atoms with Gasteiger partial charge in [-0.15, -0.1) is 0 Å². The minimum absolute atomic E-state index is 0.0678. The molecule has 112 valence electrons. The molecule has 0 radical (unpaired) electrons. The largest absolute Gasteiger partial charge is 0.313 e. The fourth-order valence-electron chi connectivity index (χ4n) is 3.13. The normalized spacial score (nSPS) is 26.4. The number of hydrogen-bond donors (Lipinski definition) is 1. The van der Waals surface area contributed by atoms with E-state index >= 15 is 0 Å². The molecule has 0 amide bonds. The lowest BCUT2D eigenvalue weighted by molar-refractivity contribution is 0.210. The molecule has 2 rings (SSSR count). The Morgan fingerprint density at radius 3 is 2.50 bits per heavy atom. The van der Waals surface area contributed by atoms with Gasteiger partial charge < -0.3 is 5.32 Å². The molecule has 0 aliphatic heterocycles. The predicted octanol–water partition coefficient (Wildman–Crippen LogP) is 3.02. The average Bonchev–Trinajstić information content (AvgIpc) is 2.42. The van der Waals surface area contributed by atoms with Crippen molar-refractivity contribution in [1.82, 2.24) is 5.32 Å². The summed E-state index contributed by atoms with van der Waals surface area (Å²) in [5.74, 6) is 0. The molecule has 2 atom stereocenters. The molecule has 0 heterocycles. The van der Waals surface area contributed by atoms with Gasteiger partial charge in [0, 0.05) is 6.04 Å². The highest BCUT2D eigenvalue weighted by molar-refractivity contribution is 7.92. The van der Waals surface area contributed by atoms with Crippen molar-refractivity contribution in [2.45, 2.75) is 56.2 Å². The van der Waals surface area contributed by atoms with Crippen molar-refractivity contribution in [3.05, 3.63) is 30.3 Å². The molecule has 0 aromatic heterocycles. The van der Waals surface area contributed by atoms with Crippen LogP contribution in [0.1, 0.15) is 40.0 Å². The maximum absolute atomic E-state index is 12.9. The van der Waals surface area contributed by atoms with Gasteiger partial charge in [-0.25, -0.2) is 8.42 Å². The highest BCUT2D eigenvalue weighted by Gasteiger charge is 2.42. The first-order valence-electron chi connectivity index (χ1n) is 7.39. The van der Waals surface area contributed by atoms with Crippen molar-refractivity contribution in [3.8, 4) is 0 Å². The van der Waals surface area contributed by atoms with E-state index in [-0.39, 0.29) is 16.7 Å². The molecule has 1 saturated carbocycles. The Morgan fingerprint density at radius 1 is 1.25 bits per heavy atom. The van der Waals surface area contributed by atoms with Crippen LogP contribution in [0.15, 0.2) is 35.2 Å². The first-order chi connectivity index (χ1) is 9.37. The number of hydrogen-bond acceptors (Lipinski definition) is 3. The third-order valence-electron chi connectivity index (χ3n) is 4.27. The number of benzene rings is 1. The number of rotatable bonds is 4. The summed E-state index contributed by atoms with van der Waals surface area (Å²) in [6.45, 7) is 7.18. The highest BCUT2D eigenvalue weighted by Crippen LogP contribution is 2.39. The van der Waals surface area contributed by atoms with E-state index in [2.05, 4.69) is 19.2 Å². The van der Waals surface area contributed by atoms with Gasteiger partial charge in [0.1, 0.15) is 0 Å². The van der Waals surface area contributed by atoms with E-state index in [1.807, 2.05) is 13.0 Å². The van der Waals surface area contributed by atoms with Gasteiger partial charge in [-0.1, -0.05) is 39.0 Å². The van der Waals surface area contributed by atoms with Gasteiger partial charge >= 0.3 is 0 Å². The second-order valence-electron chi connectivity index (χ2n) is 6.47. The molecule has 1 N–H and O–H groups in total. The zero-order chi connectivity index (χ0) is 14.8. The summed E-state index contributed by atoms with van der Waals surface area (Å²) in [6.07, 6.45) is 2.73. The molecule has 20 heavy (non-hydrogen) atoms. The van der Waals surface area contributed by atoms with Crippen molar-refractivity contribution < 1.29 is 8.42 Å². The van der Waals surface area contributed by atoms with E-state index in [1.165, 1.54) is 0 Å². The monoisotopic (exact) mass is 295 g/mol. The van der Waals surface area contributed by atoms with Crippen LogP contribution in [0.4, 0.5) is 0 Å². The van der Waals surface area contributed by atoms with Crippen molar-refractivity contribution in [2.75, 3.05) is 6.54 Å². The molecule has 2 unspecified atom stereocenters. The van der Waals surface area contributed by atoms with Crippen molar-refractivity contribution >= 4 is 9.84 Å². The average molecular weight is 295 g/mol. The van der Waals surface area contributed by atoms with Crippen LogP contribution in [0.3, 0.4) is 0 Å². The van der Waals surface area contributed by atoms with Gasteiger partial charge in [0.05, 0.1) is 10.1 Å². The molecule has 1 fully saturated rings. The van der Waals surface area contributed by atoms with Crippen LogP contribution in [0.25, 0.3) is 0 Å². The Bertz CT molecular complexity index is 537. The maximum Gasteiger partial charge on any atom is 0.182 e. The summed E-state index contributed by atoms with van der Waals surface area (Å²) >= 11 is 0. The first-order valence-corrected chi connectivity index (χ1v) is 8.94. The van der Waals surface area contributed by atoms with Crippen molar-refractivity contribution in [1.29, 1.82) is 0 Å². The fraction of sp³-hybridized carbons (Fsp3) is 0.625. The molecule has 1 aromatic carbocycles. The van der Waals surface area contributed by atoms with E-state index in [1.54, 1.807) is 24.3 Å². The Morgan fingerprint density at radius 2 is 1.90 bits per heavy atom. The van der Waals surface area contributed by atoms with Crippen LogP contribution < -0.4 is 5.32 Å². The van der Waals surface area contributed by atoms with Crippen LogP contribution in [-0.4, -0.2) is 26.3 Å². The summed E-state index contributed by atoms with van der Waals surface area (Å²) in [5.41, 5.74) is 0.0957. The summed E-state index contributed by atoms with van der Waals surface area (Å²) in [6, 6.07) is 8.93. The van der Waals surface area contributed by atoms with E-state index in [0.717, 1.165) is 25.8 Å². The minimum atomic E-state index is -3.27. The van der Waals surface area contributed by atoms with Crippen LogP contribution in [0, 0.1) is 5.41 Å². The summed E-state index contributed by atoms with van der Waals surface area (Å²) < 4.78 is 25.8.